The summed E-state index contributed by atoms with van der Waals surface area (Å²) in [6, 6.07) is 32.3. The molecule has 0 aliphatic rings. The summed E-state index contributed by atoms with van der Waals surface area (Å²) in [5.74, 6) is 0. The standard InChI is InChI=1S/C26H18Cl2N2Te2/c27-21-11-13-23(29-17-19-7-3-1-4-8-19)25(15-21)31-32-26-16-22(28)12-14-24(26)30-18-20-9-5-2-6-10-20/h1-18H. The summed E-state index contributed by atoms with van der Waals surface area (Å²) in [6.07, 6.45) is 3.82. The third kappa shape index (κ3) is 6.94. The Morgan fingerprint density at radius 3 is 1.34 bits per heavy atom. The van der Waals surface area contributed by atoms with Crippen molar-refractivity contribution in [1.82, 2.24) is 0 Å². The van der Waals surface area contributed by atoms with Gasteiger partial charge in [0.1, 0.15) is 0 Å². The minimum absolute atomic E-state index is 0.483. The topological polar surface area (TPSA) is 24.7 Å². The first-order chi connectivity index (χ1) is 15.7. The average Bonchev–Trinajstić information content (AvgIpc) is 2.83. The van der Waals surface area contributed by atoms with Crippen LogP contribution in [0.1, 0.15) is 11.1 Å². The van der Waals surface area contributed by atoms with Crippen molar-refractivity contribution in [2.24, 2.45) is 9.98 Å². The van der Waals surface area contributed by atoms with Gasteiger partial charge in [-0.2, -0.15) is 0 Å². The Morgan fingerprint density at radius 2 is 0.938 bits per heavy atom. The Balaban J connectivity index is 1.56. The number of halogens is 2. The van der Waals surface area contributed by atoms with E-state index in [2.05, 4.69) is 12.1 Å². The summed E-state index contributed by atoms with van der Waals surface area (Å²) in [7, 11) is 0. The molecule has 0 heterocycles. The Labute approximate surface area is 214 Å². The number of hydrogen-bond donors (Lipinski definition) is 0. The molecule has 0 amide bonds. The van der Waals surface area contributed by atoms with E-state index >= 15 is 0 Å². The van der Waals surface area contributed by atoms with Gasteiger partial charge in [-0.25, -0.2) is 0 Å². The molecule has 0 saturated heterocycles. The van der Waals surface area contributed by atoms with Gasteiger partial charge >= 0.3 is 217 Å². The van der Waals surface area contributed by atoms with Crippen molar-refractivity contribution in [3.05, 3.63) is 118 Å². The molecule has 0 N–H and O–H groups in total. The fourth-order valence-corrected chi connectivity index (χ4v) is 14.8. The van der Waals surface area contributed by atoms with Gasteiger partial charge in [-0.05, 0) is 0 Å². The fraction of sp³-hybridized carbons (Fsp3) is 0. The zero-order valence-corrected chi connectivity index (χ0v) is 23.0. The van der Waals surface area contributed by atoms with Crippen LogP contribution in [-0.2, 0) is 0 Å². The Kier molecular flexibility index (Phi) is 8.84. The maximum atomic E-state index is 6.33. The molecule has 4 rings (SSSR count). The molecule has 0 unspecified atom stereocenters. The van der Waals surface area contributed by atoms with E-state index in [-0.39, 0.29) is 0 Å². The summed E-state index contributed by atoms with van der Waals surface area (Å²) in [5, 5.41) is 1.51. The van der Waals surface area contributed by atoms with Gasteiger partial charge < -0.3 is 0 Å². The molecule has 0 aliphatic carbocycles. The van der Waals surface area contributed by atoms with E-state index in [1.807, 2.05) is 97.4 Å². The van der Waals surface area contributed by atoms with Crippen LogP contribution in [0.3, 0.4) is 0 Å². The minimum atomic E-state index is -0.483. The summed E-state index contributed by atoms with van der Waals surface area (Å²) >= 11 is 11.7. The van der Waals surface area contributed by atoms with Gasteiger partial charge in [0.15, 0.2) is 0 Å². The number of nitrogens with zero attached hydrogens (tertiary/aromatic N) is 2. The summed E-state index contributed by atoms with van der Waals surface area (Å²) in [4.78, 5) is 9.52. The van der Waals surface area contributed by atoms with Crippen molar-refractivity contribution >= 4 is 88.3 Å². The van der Waals surface area contributed by atoms with Crippen LogP contribution in [0.15, 0.2) is 107 Å². The van der Waals surface area contributed by atoms with Crippen LogP contribution in [0.4, 0.5) is 11.4 Å². The molecule has 0 spiro atoms. The molecule has 0 aromatic heterocycles. The number of benzene rings is 4. The summed E-state index contributed by atoms with van der Waals surface area (Å²) in [6.45, 7) is 0. The fourth-order valence-electron chi connectivity index (χ4n) is 2.78. The van der Waals surface area contributed by atoms with Gasteiger partial charge in [0.25, 0.3) is 0 Å². The van der Waals surface area contributed by atoms with Crippen LogP contribution in [-0.4, -0.2) is 46.5 Å². The first-order valence-electron chi connectivity index (χ1n) is 9.79. The molecule has 6 heteroatoms. The SMILES string of the molecule is Clc1ccc(N=Cc2ccccc2)c([Te][Te]c2cc(Cl)ccc2N=Cc2ccccc2)c1. The Morgan fingerprint density at radius 1 is 0.531 bits per heavy atom. The van der Waals surface area contributed by atoms with Crippen molar-refractivity contribution in [2.75, 3.05) is 0 Å². The van der Waals surface area contributed by atoms with Crippen molar-refractivity contribution in [3.63, 3.8) is 0 Å². The van der Waals surface area contributed by atoms with Crippen LogP contribution in [0.5, 0.6) is 0 Å². The van der Waals surface area contributed by atoms with E-state index in [1.54, 1.807) is 0 Å². The van der Waals surface area contributed by atoms with Crippen molar-refractivity contribution in [3.8, 4) is 0 Å². The number of hydrogen-bond acceptors (Lipinski definition) is 2. The van der Waals surface area contributed by atoms with Crippen LogP contribution in [0, 0.1) is 0 Å². The molecule has 4 aromatic rings. The molecule has 0 radical (unpaired) electrons. The molecule has 4 aromatic carbocycles. The van der Waals surface area contributed by atoms with Gasteiger partial charge in [-0.15, -0.1) is 0 Å². The predicted octanol–water partition coefficient (Wildman–Crippen LogP) is 5.77. The predicted molar refractivity (Wildman–Crippen MR) is 141 cm³/mol. The van der Waals surface area contributed by atoms with Crippen molar-refractivity contribution in [2.45, 2.75) is 0 Å². The van der Waals surface area contributed by atoms with Gasteiger partial charge in [-0.3, -0.25) is 0 Å². The molecular formula is C26H18Cl2N2Te2. The van der Waals surface area contributed by atoms with E-state index in [9.17, 15) is 0 Å². The van der Waals surface area contributed by atoms with E-state index in [0.717, 1.165) is 32.5 Å². The molecule has 32 heavy (non-hydrogen) atoms. The normalized spacial score (nSPS) is 11.4. The Bertz CT molecular complexity index is 1140. The van der Waals surface area contributed by atoms with Gasteiger partial charge in [0.2, 0.25) is 0 Å². The van der Waals surface area contributed by atoms with Crippen molar-refractivity contribution in [1.29, 1.82) is 0 Å². The molecule has 158 valence electrons. The first-order valence-corrected chi connectivity index (χ1v) is 20.2. The molecular weight excluding hydrogens is 666 g/mol. The summed E-state index contributed by atoms with van der Waals surface area (Å²) < 4.78 is 2.55. The van der Waals surface area contributed by atoms with Crippen LogP contribution >= 0.6 is 23.2 Å². The quantitative estimate of drug-likeness (QED) is 0.175. The zero-order valence-electron chi connectivity index (χ0n) is 16.9. The van der Waals surface area contributed by atoms with Crippen LogP contribution in [0.2, 0.25) is 10.0 Å². The molecule has 0 atom stereocenters. The van der Waals surface area contributed by atoms with E-state index in [4.69, 9.17) is 33.2 Å². The van der Waals surface area contributed by atoms with Gasteiger partial charge in [0.05, 0.1) is 0 Å². The number of aliphatic imine (C=N–C) groups is 2. The second-order valence-electron chi connectivity index (χ2n) is 6.73. The van der Waals surface area contributed by atoms with Crippen molar-refractivity contribution < 1.29 is 0 Å². The molecule has 0 aliphatic heterocycles. The third-order valence-corrected chi connectivity index (χ3v) is 16.4. The molecule has 0 fully saturated rings. The van der Waals surface area contributed by atoms with E-state index < -0.39 is 34.1 Å². The number of rotatable bonds is 7. The zero-order chi connectivity index (χ0) is 22.2. The second-order valence-corrected chi connectivity index (χ2v) is 17.4. The van der Waals surface area contributed by atoms with Crippen LogP contribution < -0.4 is 7.22 Å². The molecule has 0 saturated carbocycles. The van der Waals surface area contributed by atoms with Crippen LogP contribution in [0.25, 0.3) is 0 Å². The second kappa shape index (κ2) is 12.0. The van der Waals surface area contributed by atoms with E-state index in [1.165, 1.54) is 7.22 Å². The summed E-state index contributed by atoms with van der Waals surface area (Å²) in [5.41, 5.74) is 4.17. The first kappa shape index (κ1) is 23.5. The maximum absolute atomic E-state index is 6.33. The van der Waals surface area contributed by atoms with Gasteiger partial charge in [-0.1, -0.05) is 0 Å². The average molecular weight is 685 g/mol. The molecule has 0 bridgehead atoms. The van der Waals surface area contributed by atoms with Gasteiger partial charge in [0, 0.05) is 0 Å². The van der Waals surface area contributed by atoms with E-state index in [0.29, 0.717) is 0 Å². The third-order valence-electron chi connectivity index (χ3n) is 4.37. The molecule has 2 nitrogen and oxygen atoms in total. The monoisotopic (exact) mass is 688 g/mol. The Hall–Kier alpha value is -1.62.